The van der Waals surface area contributed by atoms with Gasteiger partial charge in [0, 0.05) is 20.4 Å². The zero-order chi connectivity index (χ0) is 29.2. The largest absolute Gasteiger partial charge is 0.136 e. The lowest BCUT2D eigenvalue weighted by atomic mass is 9.77. The van der Waals surface area contributed by atoms with Crippen LogP contribution in [0.25, 0.3) is 81.9 Å². The van der Waals surface area contributed by atoms with Crippen LogP contribution in [0.5, 0.6) is 0 Å². The second kappa shape index (κ2) is 8.68. The van der Waals surface area contributed by atoms with Gasteiger partial charge in [0.25, 0.3) is 0 Å². The molecule has 0 saturated carbocycles. The molecule has 0 radical (unpaired) electrons. The van der Waals surface area contributed by atoms with E-state index in [1.807, 2.05) is 11.3 Å². The number of allylic oxidation sites excluding steroid dienone is 1. The number of rotatable bonds is 2. The minimum absolute atomic E-state index is 0.0980. The van der Waals surface area contributed by atoms with E-state index in [0.717, 1.165) is 12.8 Å². The van der Waals surface area contributed by atoms with Crippen molar-refractivity contribution in [3.05, 3.63) is 137 Å². The Morgan fingerprint density at radius 3 is 2.09 bits per heavy atom. The summed E-state index contributed by atoms with van der Waals surface area (Å²) in [5.41, 5.74) is 12.5. The molecule has 8 aromatic rings. The molecule has 0 bridgehead atoms. The van der Waals surface area contributed by atoms with Crippen LogP contribution < -0.4 is 0 Å². The highest BCUT2D eigenvalue weighted by Crippen LogP contribution is 2.57. The van der Waals surface area contributed by atoms with E-state index in [1.54, 1.807) is 5.56 Å². The van der Waals surface area contributed by atoms with Crippen LogP contribution in [0.4, 0.5) is 0 Å². The van der Waals surface area contributed by atoms with Gasteiger partial charge in [-0.15, -0.1) is 11.3 Å². The fourth-order valence-electron chi connectivity index (χ4n) is 8.57. The van der Waals surface area contributed by atoms with Crippen molar-refractivity contribution in [2.75, 3.05) is 0 Å². The van der Waals surface area contributed by atoms with Crippen molar-refractivity contribution >= 4 is 59.8 Å². The van der Waals surface area contributed by atoms with Crippen molar-refractivity contribution in [3.63, 3.8) is 0 Å². The lowest BCUT2D eigenvalue weighted by molar-refractivity contribution is 0.662. The minimum Gasteiger partial charge on any atom is -0.136 e. The number of thiophene rings is 1. The van der Waals surface area contributed by atoms with E-state index in [1.165, 1.54) is 91.8 Å². The molecule has 44 heavy (non-hydrogen) atoms. The Morgan fingerprint density at radius 2 is 1.30 bits per heavy atom. The van der Waals surface area contributed by atoms with E-state index < -0.39 is 0 Å². The third kappa shape index (κ3) is 3.13. The fraction of sp³-hybridized carbons (Fsp3) is 0.116. The fourth-order valence-corrected chi connectivity index (χ4v) is 9.76. The first-order chi connectivity index (χ1) is 21.6. The number of benzene rings is 7. The molecule has 0 aliphatic heterocycles. The van der Waals surface area contributed by atoms with Gasteiger partial charge in [-0.05, 0) is 107 Å². The van der Waals surface area contributed by atoms with E-state index in [0.29, 0.717) is 0 Å². The maximum atomic E-state index is 2.44. The Kier molecular flexibility index (Phi) is 4.87. The van der Waals surface area contributed by atoms with Crippen LogP contribution in [0.2, 0.25) is 0 Å². The predicted molar refractivity (Wildman–Crippen MR) is 191 cm³/mol. The van der Waals surface area contributed by atoms with Gasteiger partial charge in [-0.3, -0.25) is 0 Å². The molecule has 208 valence electrons. The zero-order valence-electron chi connectivity index (χ0n) is 24.9. The minimum atomic E-state index is -0.0980. The van der Waals surface area contributed by atoms with E-state index in [9.17, 15) is 0 Å². The van der Waals surface area contributed by atoms with Gasteiger partial charge in [0.2, 0.25) is 0 Å². The van der Waals surface area contributed by atoms with Crippen LogP contribution in [-0.4, -0.2) is 0 Å². The van der Waals surface area contributed by atoms with Gasteiger partial charge in [0.1, 0.15) is 0 Å². The van der Waals surface area contributed by atoms with E-state index in [-0.39, 0.29) is 5.41 Å². The first kappa shape index (κ1) is 24.7. The molecule has 0 amide bonds. The highest BCUT2D eigenvalue weighted by atomic mass is 32.1. The van der Waals surface area contributed by atoms with Crippen LogP contribution in [0.1, 0.15) is 41.8 Å². The first-order valence-corrected chi connectivity index (χ1v) is 16.6. The predicted octanol–water partition coefficient (Wildman–Crippen LogP) is 12.4. The van der Waals surface area contributed by atoms with Crippen LogP contribution in [0.3, 0.4) is 0 Å². The highest BCUT2D eigenvalue weighted by Gasteiger charge is 2.39. The van der Waals surface area contributed by atoms with Gasteiger partial charge in [0.15, 0.2) is 0 Å². The van der Waals surface area contributed by atoms with Crippen LogP contribution in [0, 0.1) is 0 Å². The van der Waals surface area contributed by atoms with Crippen molar-refractivity contribution in [2.24, 2.45) is 0 Å². The molecule has 0 nitrogen and oxygen atoms in total. The van der Waals surface area contributed by atoms with Gasteiger partial charge in [-0.25, -0.2) is 0 Å². The third-order valence-corrected chi connectivity index (χ3v) is 11.7. The topological polar surface area (TPSA) is 0 Å². The van der Waals surface area contributed by atoms with Crippen molar-refractivity contribution in [3.8, 4) is 33.4 Å². The van der Waals surface area contributed by atoms with Crippen LogP contribution in [-0.2, 0) is 11.8 Å². The Hall–Kier alpha value is -4.72. The monoisotopic (exact) mass is 578 g/mol. The van der Waals surface area contributed by atoms with Gasteiger partial charge < -0.3 is 0 Å². The van der Waals surface area contributed by atoms with E-state index in [4.69, 9.17) is 0 Å². The van der Waals surface area contributed by atoms with E-state index >= 15 is 0 Å². The summed E-state index contributed by atoms with van der Waals surface area (Å²) in [6.07, 6.45) is 6.96. The summed E-state index contributed by atoms with van der Waals surface area (Å²) in [5.74, 6) is 0. The Balaban J connectivity index is 1.27. The molecule has 0 spiro atoms. The highest BCUT2D eigenvalue weighted by molar-refractivity contribution is 7.20. The molecule has 0 atom stereocenters. The molecule has 1 heteroatoms. The number of hydrogen-bond donors (Lipinski definition) is 0. The maximum absolute atomic E-state index is 2.44. The molecule has 0 saturated heterocycles. The molecular weight excluding hydrogens is 549 g/mol. The van der Waals surface area contributed by atoms with Gasteiger partial charge >= 0.3 is 0 Å². The molecule has 1 heterocycles. The number of aryl methyl sites for hydroxylation is 1. The maximum Gasteiger partial charge on any atom is 0.0358 e. The molecule has 2 aliphatic rings. The van der Waals surface area contributed by atoms with Gasteiger partial charge in [-0.1, -0.05) is 123 Å². The van der Waals surface area contributed by atoms with Gasteiger partial charge in [-0.2, -0.15) is 0 Å². The summed E-state index contributed by atoms with van der Waals surface area (Å²) < 4.78 is 1.42. The van der Waals surface area contributed by atoms with Crippen molar-refractivity contribution < 1.29 is 0 Å². The average molecular weight is 579 g/mol. The zero-order valence-corrected chi connectivity index (χ0v) is 25.7. The van der Waals surface area contributed by atoms with Crippen LogP contribution >= 0.6 is 11.3 Å². The molecule has 0 N–H and O–H groups in total. The summed E-state index contributed by atoms with van der Waals surface area (Å²) in [7, 11) is 0. The number of fused-ring (bicyclic) bond motifs is 7. The van der Waals surface area contributed by atoms with E-state index in [2.05, 4.69) is 135 Å². The summed E-state index contributed by atoms with van der Waals surface area (Å²) in [6.45, 7) is 4.88. The van der Waals surface area contributed by atoms with Crippen molar-refractivity contribution in [1.29, 1.82) is 0 Å². The third-order valence-electron chi connectivity index (χ3n) is 10.5. The second-order valence-corrected chi connectivity index (χ2v) is 14.2. The first-order valence-electron chi connectivity index (χ1n) is 15.8. The van der Waals surface area contributed by atoms with Crippen molar-refractivity contribution in [2.45, 2.75) is 32.1 Å². The average Bonchev–Trinajstić information content (AvgIpc) is 3.56. The second-order valence-electron chi connectivity index (χ2n) is 13.1. The molecule has 10 rings (SSSR count). The summed E-state index contributed by atoms with van der Waals surface area (Å²) in [4.78, 5) is 1.45. The standard InChI is InChI=1S/C43H30S/c1-43(2)35-23-24-37-41(33-11-6-7-14-36(33)44-37)40(35)34-13-8-12-32(42(34)43)29-20-16-27-17-21-30-28(25-9-4-3-5-10-25)19-15-26-18-22-31(29)39(27)38(26)30/h3-5,7-10,12-24H,6,11H2,1-2H3. The summed E-state index contributed by atoms with van der Waals surface area (Å²) in [5, 5.41) is 9.53. The Morgan fingerprint density at radius 1 is 0.591 bits per heavy atom. The van der Waals surface area contributed by atoms with Crippen LogP contribution in [0.15, 0.2) is 115 Å². The normalized spacial score (nSPS) is 15.0. The molecular formula is C43H30S. The molecule has 1 aromatic heterocycles. The quantitative estimate of drug-likeness (QED) is 0.179. The van der Waals surface area contributed by atoms with Gasteiger partial charge in [0.05, 0.1) is 0 Å². The lowest BCUT2D eigenvalue weighted by Crippen LogP contribution is -2.16. The molecule has 7 aromatic carbocycles. The SMILES string of the molecule is CC1(C)c2ccc3sc4c(c3c2-c2cccc(-c3ccc5ccc6c(-c7ccccc7)ccc7ccc3c5c76)c21)CCC=C4. The van der Waals surface area contributed by atoms with Crippen molar-refractivity contribution in [1.82, 2.24) is 0 Å². The Labute approximate surface area is 261 Å². The molecule has 2 aliphatic carbocycles. The molecule has 0 fully saturated rings. The summed E-state index contributed by atoms with van der Waals surface area (Å²) in [6, 6.07) is 41.3. The summed E-state index contributed by atoms with van der Waals surface area (Å²) >= 11 is 1.96. The smallest absolute Gasteiger partial charge is 0.0358 e. The lowest BCUT2D eigenvalue weighted by Gasteiger charge is -2.25. The Bertz CT molecular complexity index is 2500. The number of hydrogen-bond acceptors (Lipinski definition) is 1. The molecule has 0 unspecified atom stereocenters.